The summed E-state index contributed by atoms with van der Waals surface area (Å²) in [6, 6.07) is 5.09. The van der Waals surface area contributed by atoms with E-state index in [0.717, 1.165) is 0 Å². The molecule has 0 fully saturated rings. The van der Waals surface area contributed by atoms with E-state index >= 15 is 0 Å². The Morgan fingerprint density at radius 1 is 1.17 bits per heavy atom. The summed E-state index contributed by atoms with van der Waals surface area (Å²) in [7, 11) is 0. The summed E-state index contributed by atoms with van der Waals surface area (Å²) in [6.07, 6.45) is 1.55. The number of rotatable bonds is 7. The summed E-state index contributed by atoms with van der Waals surface area (Å²) in [5, 5.41) is 6.54. The van der Waals surface area contributed by atoms with Crippen molar-refractivity contribution in [3.05, 3.63) is 40.3 Å². The molecule has 2 aromatic rings. The van der Waals surface area contributed by atoms with Gasteiger partial charge in [-0.05, 0) is 52.8 Å². The molecule has 0 aliphatic rings. The quantitative estimate of drug-likeness (QED) is 0.612. The Balaban J connectivity index is 1.84. The number of aryl methyl sites for hydroxylation is 1. The molecule has 0 unspecified atom stereocenters. The molecule has 0 bridgehead atoms. The fourth-order valence-electron chi connectivity index (χ4n) is 2.55. The summed E-state index contributed by atoms with van der Waals surface area (Å²) in [4.78, 5) is 28.3. The van der Waals surface area contributed by atoms with Crippen molar-refractivity contribution in [2.45, 2.75) is 58.6 Å². The van der Waals surface area contributed by atoms with E-state index in [1.165, 1.54) is 0 Å². The number of ether oxygens (including phenoxy) is 1. The van der Waals surface area contributed by atoms with Gasteiger partial charge in [0.05, 0.1) is 16.8 Å². The highest BCUT2D eigenvalue weighted by atomic mass is 35.5. The number of halogens is 2. The lowest BCUT2D eigenvalue weighted by molar-refractivity contribution is -0.122. The zero-order valence-corrected chi connectivity index (χ0v) is 19.3. The molecule has 2 rings (SSSR count). The maximum atomic E-state index is 12.3. The number of carbonyl (C=O) groups excluding carboxylic acids is 2. The fourth-order valence-corrected chi connectivity index (χ4v) is 3.05. The molecule has 0 aliphatic carbocycles. The molecular formula is C21H27Cl2N3O4. The molecule has 1 aromatic carbocycles. The first-order chi connectivity index (χ1) is 13.8. The van der Waals surface area contributed by atoms with Crippen LogP contribution in [0.3, 0.4) is 0 Å². The molecular weight excluding hydrogens is 429 g/mol. The van der Waals surface area contributed by atoms with Crippen molar-refractivity contribution in [2.24, 2.45) is 0 Å². The minimum atomic E-state index is -0.646. The Bertz CT molecular complexity index is 904. The Morgan fingerprint density at radius 2 is 1.87 bits per heavy atom. The second-order valence-electron chi connectivity index (χ2n) is 8.53. The van der Waals surface area contributed by atoms with Crippen LogP contribution in [0, 0.1) is 0 Å². The molecule has 7 nitrogen and oxygen atoms in total. The Kier molecular flexibility index (Phi) is 7.77. The molecule has 0 spiro atoms. The van der Waals surface area contributed by atoms with Crippen LogP contribution < -0.4 is 10.6 Å². The third-order valence-corrected chi connectivity index (χ3v) is 4.42. The molecule has 0 saturated heterocycles. The topological polar surface area (TPSA) is 93.5 Å². The molecule has 30 heavy (non-hydrogen) atoms. The standard InChI is InChI=1S/C21H27Cl2N3O4/c1-20(2,3)30-19(28)25-12-21(4,5)26-17(27)8-9-18-24-11-16(29-18)14-7-6-13(22)10-15(14)23/h6-7,10-11H,8-9,12H2,1-5H3,(H,25,28)(H,26,27). The third kappa shape index (κ3) is 7.88. The summed E-state index contributed by atoms with van der Waals surface area (Å²) >= 11 is 12.1. The van der Waals surface area contributed by atoms with Crippen molar-refractivity contribution in [3.8, 4) is 11.3 Å². The molecule has 164 valence electrons. The molecule has 0 saturated carbocycles. The minimum Gasteiger partial charge on any atom is -0.444 e. The number of carbonyl (C=O) groups is 2. The lowest BCUT2D eigenvalue weighted by Gasteiger charge is -2.27. The average molecular weight is 456 g/mol. The first kappa shape index (κ1) is 24.0. The SMILES string of the molecule is CC(C)(CNC(=O)OC(C)(C)C)NC(=O)CCc1ncc(-c2ccc(Cl)cc2Cl)o1. The number of nitrogens with zero attached hydrogens (tertiary/aromatic N) is 1. The number of nitrogens with one attached hydrogen (secondary N) is 2. The van der Waals surface area contributed by atoms with Gasteiger partial charge in [-0.15, -0.1) is 0 Å². The van der Waals surface area contributed by atoms with Crippen LogP contribution in [-0.2, 0) is 16.0 Å². The highest BCUT2D eigenvalue weighted by molar-refractivity contribution is 6.36. The summed E-state index contributed by atoms with van der Waals surface area (Å²) in [5.41, 5.74) is -0.548. The van der Waals surface area contributed by atoms with E-state index in [0.29, 0.717) is 33.7 Å². The van der Waals surface area contributed by atoms with Crippen LogP contribution in [0.4, 0.5) is 4.79 Å². The van der Waals surface area contributed by atoms with Crippen LogP contribution in [0.2, 0.25) is 10.0 Å². The number of benzene rings is 1. The van der Waals surface area contributed by atoms with Gasteiger partial charge >= 0.3 is 6.09 Å². The Hall–Kier alpha value is -2.25. The number of alkyl carbamates (subject to hydrolysis) is 1. The van der Waals surface area contributed by atoms with Crippen molar-refractivity contribution in [3.63, 3.8) is 0 Å². The second-order valence-corrected chi connectivity index (χ2v) is 9.37. The summed E-state index contributed by atoms with van der Waals surface area (Å²) in [5.74, 6) is 0.750. The van der Waals surface area contributed by atoms with Gasteiger partial charge in [0.15, 0.2) is 11.7 Å². The van der Waals surface area contributed by atoms with Gasteiger partial charge in [0.1, 0.15) is 5.60 Å². The van der Waals surface area contributed by atoms with Crippen molar-refractivity contribution >= 4 is 35.2 Å². The minimum absolute atomic E-state index is 0.185. The normalized spacial score (nSPS) is 11.8. The smallest absolute Gasteiger partial charge is 0.407 e. The van der Waals surface area contributed by atoms with Gasteiger partial charge in [0.2, 0.25) is 5.91 Å². The van der Waals surface area contributed by atoms with Crippen LogP contribution in [0.1, 0.15) is 46.9 Å². The predicted molar refractivity (Wildman–Crippen MR) is 117 cm³/mol. The van der Waals surface area contributed by atoms with Gasteiger partial charge in [0.25, 0.3) is 0 Å². The number of hydrogen-bond acceptors (Lipinski definition) is 5. The zero-order chi connectivity index (χ0) is 22.5. The van der Waals surface area contributed by atoms with Crippen molar-refractivity contribution < 1.29 is 18.7 Å². The monoisotopic (exact) mass is 455 g/mol. The van der Waals surface area contributed by atoms with E-state index in [9.17, 15) is 9.59 Å². The predicted octanol–water partition coefficient (Wildman–Crippen LogP) is 5.00. The van der Waals surface area contributed by atoms with E-state index in [2.05, 4.69) is 15.6 Å². The summed E-state index contributed by atoms with van der Waals surface area (Å²) < 4.78 is 10.9. The maximum absolute atomic E-state index is 12.3. The van der Waals surface area contributed by atoms with Gasteiger partial charge in [-0.25, -0.2) is 9.78 Å². The molecule has 1 heterocycles. The molecule has 9 heteroatoms. The Labute approximate surface area is 186 Å². The van der Waals surface area contributed by atoms with Crippen LogP contribution in [0.25, 0.3) is 11.3 Å². The number of oxazole rings is 1. The number of aromatic nitrogens is 1. The molecule has 2 amide bonds. The van der Waals surface area contributed by atoms with E-state index < -0.39 is 17.2 Å². The zero-order valence-electron chi connectivity index (χ0n) is 17.8. The van der Waals surface area contributed by atoms with Gasteiger partial charge in [-0.1, -0.05) is 23.2 Å². The first-order valence-corrected chi connectivity index (χ1v) is 10.3. The van der Waals surface area contributed by atoms with Crippen molar-refractivity contribution in [2.75, 3.05) is 6.54 Å². The highest BCUT2D eigenvalue weighted by Gasteiger charge is 2.23. The number of hydrogen-bond donors (Lipinski definition) is 2. The lowest BCUT2D eigenvalue weighted by atomic mass is 10.1. The van der Waals surface area contributed by atoms with Gasteiger partial charge in [0, 0.05) is 30.0 Å². The second kappa shape index (κ2) is 9.71. The summed E-state index contributed by atoms with van der Waals surface area (Å²) in [6.45, 7) is 9.21. The average Bonchev–Trinajstić information content (AvgIpc) is 3.05. The van der Waals surface area contributed by atoms with E-state index in [4.69, 9.17) is 32.4 Å². The molecule has 1 aromatic heterocycles. The van der Waals surface area contributed by atoms with Crippen LogP contribution in [0.5, 0.6) is 0 Å². The van der Waals surface area contributed by atoms with Crippen LogP contribution in [-0.4, -0.2) is 34.7 Å². The molecule has 0 atom stereocenters. The van der Waals surface area contributed by atoms with Gasteiger partial charge in [-0.2, -0.15) is 0 Å². The highest BCUT2D eigenvalue weighted by Crippen LogP contribution is 2.30. The van der Waals surface area contributed by atoms with Crippen LogP contribution in [0.15, 0.2) is 28.8 Å². The van der Waals surface area contributed by atoms with Crippen LogP contribution >= 0.6 is 23.2 Å². The molecule has 0 aliphatic heterocycles. The lowest BCUT2D eigenvalue weighted by Crippen LogP contribution is -2.52. The number of amides is 2. The maximum Gasteiger partial charge on any atom is 0.407 e. The fraction of sp³-hybridized carbons (Fsp3) is 0.476. The van der Waals surface area contributed by atoms with E-state index in [-0.39, 0.29) is 18.9 Å². The van der Waals surface area contributed by atoms with Crippen molar-refractivity contribution in [1.29, 1.82) is 0 Å². The largest absolute Gasteiger partial charge is 0.444 e. The molecule has 2 N–H and O–H groups in total. The van der Waals surface area contributed by atoms with Gasteiger partial charge < -0.3 is 19.8 Å². The Morgan fingerprint density at radius 3 is 2.50 bits per heavy atom. The molecule has 0 radical (unpaired) electrons. The van der Waals surface area contributed by atoms with E-state index in [1.807, 2.05) is 13.8 Å². The van der Waals surface area contributed by atoms with Crippen molar-refractivity contribution in [1.82, 2.24) is 15.6 Å². The van der Waals surface area contributed by atoms with E-state index in [1.54, 1.807) is 45.2 Å². The third-order valence-electron chi connectivity index (χ3n) is 3.87. The van der Waals surface area contributed by atoms with Gasteiger partial charge in [-0.3, -0.25) is 4.79 Å². The first-order valence-electron chi connectivity index (χ1n) is 9.53.